The van der Waals surface area contributed by atoms with E-state index in [-0.39, 0.29) is 18.7 Å². The summed E-state index contributed by atoms with van der Waals surface area (Å²) in [4.78, 5) is 11.1. The van der Waals surface area contributed by atoms with Gasteiger partial charge < -0.3 is 20.4 Å². The predicted molar refractivity (Wildman–Crippen MR) is 128 cm³/mol. The zero-order valence-corrected chi connectivity index (χ0v) is 21.1. The van der Waals surface area contributed by atoms with Crippen molar-refractivity contribution < 1.29 is 38.4 Å². The van der Waals surface area contributed by atoms with Crippen LogP contribution in [0.25, 0.3) is 0 Å². The van der Waals surface area contributed by atoms with Gasteiger partial charge in [-0.15, -0.1) is 0 Å². The van der Waals surface area contributed by atoms with Crippen molar-refractivity contribution in [2.45, 2.75) is 141 Å². The third-order valence-corrected chi connectivity index (χ3v) is 6.54. The second kappa shape index (κ2) is 19.3. The molecule has 1 saturated heterocycles. The minimum absolute atomic E-state index is 0.00730. The lowest BCUT2D eigenvalue weighted by atomic mass is 10.0. The van der Waals surface area contributed by atoms with Gasteiger partial charge in [-0.05, 0) is 19.4 Å². The number of likely N-dealkylation sites (tertiary alicyclic amines) is 1. The van der Waals surface area contributed by atoms with E-state index in [0.717, 1.165) is 25.8 Å². The summed E-state index contributed by atoms with van der Waals surface area (Å²) in [6.07, 6.45) is 12.0. The molecule has 1 aliphatic heterocycles. The maximum absolute atomic E-state index is 10.6. The summed E-state index contributed by atoms with van der Waals surface area (Å²) in [5, 5.41) is 37.7. The first-order valence-electron chi connectivity index (χ1n) is 13.1. The molecular weight excluding hydrogens is 451 g/mol. The first kappa shape index (κ1) is 33.1. The SMILES string of the molecule is CCCCCCCCC[C@H]1[C@@H](O)[C@@H](O)[C@H](CO)N1CCCCCCCCC.O=C(O)C(F)(F)F. The molecule has 0 amide bonds. The van der Waals surface area contributed by atoms with E-state index in [2.05, 4.69) is 18.7 Å². The smallest absolute Gasteiger partial charge is 0.475 e. The lowest BCUT2D eigenvalue weighted by molar-refractivity contribution is -0.192. The lowest BCUT2D eigenvalue weighted by Gasteiger charge is -2.29. The molecule has 0 aromatic rings. The van der Waals surface area contributed by atoms with Crippen LogP contribution in [0.4, 0.5) is 13.2 Å². The number of aliphatic hydroxyl groups excluding tert-OH is 3. The number of carboxylic acids is 1. The minimum atomic E-state index is -5.08. The number of carbonyl (C=O) groups is 1. The average molecular weight is 500 g/mol. The molecule has 4 atom stereocenters. The molecule has 204 valence electrons. The summed E-state index contributed by atoms with van der Waals surface area (Å²) in [5.74, 6) is -2.76. The van der Waals surface area contributed by atoms with Crippen LogP contribution in [0, 0.1) is 0 Å². The van der Waals surface area contributed by atoms with Crippen LogP contribution in [0.2, 0.25) is 0 Å². The van der Waals surface area contributed by atoms with Gasteiger partial charge in [0.2, 0.25) is 0 Å². The van der Waals surface area contributed by atoms with Gasteiger partial charge in [-0.25, -0.2) is 4.79 Å². The molecule has 0 bridgehead atoms. The average Bonchev–Trinajstić information content (AvgIpc) is 3.01. The second-order valence-electron chi connectivity index (χ2n) is 9.37. The number of rotatable bonds is 17. The van der Waals surface area contributed by atoms with E-state index in [1.807, 2.05) is 0 Å². The van der Waals surface area contributed by atoms with E-state index in [0.29, 0.717) is 0 Å². The van der Waals surface area contributed by atoms with Crippen LogP contribution in [-0.4, -0.2) is 74.9 Å². The van der Waals surface area contributed by atoms with Gasteiger partial charge in [0.25, 0.3) is 0 Å². The van der Waals surface area contributed by atoms with Crippen molar-refractivity contribution >= 4 is 5.97 Å². The Balaban J connectivity index is 0.00000135. The molecule has 0 spiro atoms. The normalized spacial score (nSPS) is 23.1. The zero-order chi connectivity index (χ0) is 26.0. The Morgan fingerprint density at radius 3 is 1.53 bits per heavy atom. The Bertz CT molecular complexity index is 507. The molecule has 1 rings (SSSR count). The highest BCUT2D eigenvalue weighted by Crippen LogP contribution is 2.29. The Kier molecular flexibility index (Phi) is 18.8. The van der Waals surface area contributed by atoms with Gasteiger partial charge in [-0.2, -0.15) is 13.2 Å². The number of unbranched alkanes of at least 4 members (excludes halogenated alkanes) is 12. The van der Waals surface area contributed by atoms with Crippen molar-refractivity contribution in [1.29, 1.82) is 0 Å². The second-order valence-corrected chi connectivity index (χ2v) is 9.37. The third kappa shape index (κ3) is 13.9. The van der Waals surface area contributed by atoms with Crippen LogP contribution in [-0.2, 0) is 4.79 Å². The van der Waals surface area contributed by atoms with E-state index in [1.54, 1.807) is 0 Å². The Morgan fingerprint density at radius 1 is 0.735 bits per heavy atom. The van der Waals surface area contributed by atoms with E-state index in [9.17, 15) is 28.5 Å². The Hall–Kier alpha value is -0.900. The van der Waals surface area contributed by atoms with Gasteiger partial charge in [0.1, 0.15) is 0 Å². The zero-order valence-electron chi connectivity index (χ0n) is 21.1. The molecule has 1 aliphatic rings. The fourth-order valence-electron chi connectivity index (χ4n) is 4.54. The molecule has 4 N–H and O–H groups in total. The maximum Gasteiger partial charge on any atom is 0.490 e. The highest BCUT2D eigenvalue weighted by atomic mass is 19.4. The van der Waals surface area contributed by atoms with E-state index < -0.39 is 24.4 Å². The number of nitrogens with zero attached hydrogens (tertiary/aromatic N) is 1. The van der Waals surface area contributed by atoms with E-state index in [4.69, 9.17) is 9.90 Å². The summed E-state index contributed by atoms with van der Waals surface area (Å²) in [5.41, 5.74) is 0. The molecule has 0 aliphatic carbocycles. The molecule has 0 unspecified atom stereocenters. The first-order valence-corrected chi connectivity index (χ1v) is 13.1. The predicted octanol–water partition coefficient (Wildman–Crippen LogP) is 5.28. The monoisotopic (exact) mass is 499 g/mol. The molecule has 1 fully saturated rings. The maximum atomic E-state index is 10.6. The number of halogens is 3. The molecule has 9 heteroatoms. The largest absolute Gasteiger partial charge is 0.490 e. The van der Waals surface area contributed by atoms with Crippen molar-refractivity contribution in [2.24, 2.45) is 0 Å². The molecule has 34 heavy (non-hydrogen) atoms. The van der Waals surface area contributed by atoms with Crippen molar-refractivity contribution in [3.05, 3.63) is 0 Å². The van der Waals surface area contributed by atoms with Crippen LogP contribution in [0.3, 0.4) is 0 Å². The molecular formula is C25H48F3NO5. The number of hydrogen-bond donors (Lipinski definition) is 4. The molecule has 0 radical (unpaired) electrons. The molecule has 0 saturated carbocycles. The van der Waals surface area contributed by atoms with Crippen molar-refractivity contribution in [2.75, 3.05) is 13.2 Å². The Morgan fingerprint density at radius 2 is 1.12 bits per heavy atom. The Labute approximate surface area is 203 Å². The molecule has 6 nitrogen and oxygen atoms in total. The summed E-state index contributed by atoms with van der Waals surface area (Å²) in [6.45, 7) is 5.30. The summed E-state index contributed by atoms with van der Waals surface area (Å²) in [7, 11) is 0. The van der Waals surface area contributed by atoms with E-state index in [1.165, 1.54) is 77.0 Å². The summed E-state index contributed by atoms with van der Waals surface area (Å²) >= 11 is 0. The van der Waals surface area contributed by atoms with Crippen molar-refractivity contribution in [3.8, 4) is 0 Å². The van der Waals surface area contributed by atoms with Crippen LogP contribution in [0.5, 0.6) is 0 Å². The van der Waals surface area contributed by atoms with Crippen molar-refractivity contribution in [1.82, 2.24) is 4.90 Å². The van der Waals surface area contributed by atoms with Crippen LogP contribution in [0.15, 0.2) is 0 Å². The fraction of sp³-hybridized carbons (Fsp3) is 0.960. The van der Waals surface area contributed by atoms with E-state index >= 15 is 0 Å². The topological polar surface area (TPSA) is 101 Å². The van der Waals surface area contributed by atoms with Gasteiger partial charge in [0, 0.05) is 6.04 Å². The number of aliphatic hydroxyl groups is 3. The van der Waals surface area contributed by atoms with Gasteiger partial charge >= 0.3 is 12.1 Å². The molecule has 0 aromatic carbocycles. The van der Waals surface area contributed by atoms with Gasteiger partial charge in [0.15, 0.2) is 0 Å². The number of aliphatic carboxylic acids is 1. The van der Waals surface area contributed by atoms with Crippen molar-refractivity contribution in [3.63, 3.8) is 0 Å². The standard InChI is InChI=1S/C23H47NO3.C2HF3O2/c1-3-5-7-9-11-13-15-17-20-22(26)23(27)21(19-25)24(20)18-16-14-12-10-8-6-4-2;3-2(4,5)1(6)7/h20-23,25-27H,3-19H2,1-2H3;(H,6,7)/t20-,21-,22+,23-;/m0./s1. The van der Waals surface area contributed by atoms with Crippen LogP contribution in [0.1, 0.15) is 110 Å². The third-order valence-electron chi connectivity index (χ3n) is 6.54. The minimum Gasteiger partial charge on any atom is -0.475 e. The fourth-order valence-corrected chi connectivity index (χ4v) is 4.54. The number of hydrogen-bond acceptors (Lipinski definition) is 5. The summed E-state index contributed by atoms with van der Waals surface area (Å²) in [6, 6.07) is -0.289. The van der Waals surface area contributed by atoms with Crippen LogP contribution >= 0.6 is 0 Å². The quantitative estimate of drug-likeness (QED) is 0.203. The van der Waals surface area contributed by atoms with Gasteiger partial charge in [0.05, 0.1) is 24.9 Å². The number of carboxylic acid groups (broad SMARTS) is 1. The highest BCUT2D eigenvalue weighted by molar-refractivity contribution is 5.73. The first-order chi connectivity index (χ1) is 16.1. The number of alkyl halides is 3. The highest BCUT2D eigenvalue weighted by Gasteiger charge is 2.46. The summed E-state index contributed by atoms with van der Waals surface area (Å²) < 4.78 is 31.7. The van der Waals surface area contributed by atoms with Gasteiger partial charge in [-0.3, -0.25) is 4.90 Å². The molecule has 1 heterocycles. The van der Waals surface area contributed by atoms with Crippen LogP contribution < -0.4 is 0 Å². The van der Waals surface area contributed by atoms with Gasteiger partial charge in [-0.1, -0.05) is 97.3 Å². The molecule has 0 aromatic heterocycles. The lowest BCUT2D eigenvalue weighted by Crippen LogP contribution is -2.42.